The number of unbranched alkanes of at least 4 members (excludes halogenated alkanes) is 21. The van der Waals surface area contributed by atoms with Gasteiger partial charge in [-0.3, -0.25) is 13.8 Å². The van der Waals surface area contributed by atoms with E-state index in [1.165, 1.54) is 103 Å². The van der Waals surface area contributed by atoms with Crippen molar-refractivity contribution in [3.63, 3.8) is 0 Å². The van der Waals surface area contributed by atoms with Gasteiger partial charge in [-0.25, -0.2) is 4.57 Å². The average molecular weight is 825 g/mol. The van der Waals surface area contributed by atoms with Crippen molar-refractivity contribution in [3.8, 4) is 0 Å². The molecule has 0 aromatic carbocycles. The molecule has 0 heterocycles. The van der Waals surface area contributed by atoms with Gasteiger partial charge in [-0.15, -0.1) is 0 Å². The van der Waals surface area contributed by atoms with Crippen molar-refractivity contribution < 1.29 is 37.3 Å². The van der Waals surface area contributed by atoms with Crippen LogP contribution in [0.4, 0.5) is 0 Å². The Morgan fingerprint density at radius 1 is 0.561 bits per heavy atom. The number of ether oxygens (including phenoxy) is 2. The molecule has 0 bridgehead atoms. The normalized spacial score (nSPS) is 14.1. The summed E-state index contributed by atoms with van der Waals surface area (Å²) >= 11 is 0. The number of likely N-dealkylation sites (N-methyl/N-ethyl adjacent to an activating group) is 1. The maximum absolute atomic E-state index is 12.7. The predicted molar refractivity (Wildman–Crippen MR) is 243 cm³/mol. The van der Waals surface area contributed by atoms with Crippen molar-refractivity contribution >= 4 is 13.8 Å². The summed E-state index contributed by atoms with van der Waals surface area (Å²) in [5.74, 6) is -0.323. The highest BCUT2D eigenvalue weighted by molar-refractivity contribution is 7.47. The summed E-state index contributed by atoms with van der Waals surface area (Å²) in [6, 6.07) is 0. The second-order valence-corrected chi connectivity index (χ2v) is 18.2. The van der Waals surface area contributed by atoms with Crippen LogP contribution in [0, 0.1) is 0 Å². The lowest BCUT2D eigenvalue weighted by Crippen LogP contribution is -2.37. The number of phosphoric acid groups is 1. The minimum absolute atomic E-state index is 0.0819. The van der Waals surface area contributed by atoms with Gasteiger partial charge in [0.05, 0.1) is 34.4 Å². The van der Waals surface area contributed by atoms with Crippen molar-refractivity contribution in [3.05, 3.63) is 48.6 Å². The molecule has 0 spiro atoms. The van der Waals surface area contributed by atoms with Crippen LogP contribution in [0.3, 0.4) is 0 Å². The van der Waals surface area contributed by atoms with Gasteiger partial charge in [-0.2, -0.15) is 0 Å². The molecular weight excluding hydrogens is 734 g/mol. The molecule has 0 rings (SSSR count). The van der Waals surface area contributed by atoms with E-state index in [4.69, 9.17) is 18.5 Å². The molecule has 2 atom stereocenters. The molecule has 0 aliphatic heterocycles. The molecular formula is C48H91NO7P+. The molecule has 0 saturated carbocycles. The number of quaternary nitrogens is 1. The molecule has 0 radical (unpaired) electrons. The van der Waals surface area contributed by atoms with Crippen LogP contribution in [-0.2, 0) is 27.9 Å². The molecule has 0 aromatic heterocycles. The van der Waals surface area contributed by atoms with E-state index >= 15 is 0 Å². The van der Waals surface area contributed by atoms with Gasteiger partial charge in [0.2, 0.25) is 0 Å². The minimum atomic E-state index is -4.28. The topological polar surface area (TPSA) is 91.3 Å². The smallest absolute Gasteiger partial charge is 0.457 e. The van der Waals surface area contributed by atoms with Crippen molar-refractivity contribution in [1.82, 2.24) is 0 Å². The van der Waals surface area contributed by atoms with E-state index in [2.05, 4.69) is 62.5 Å². The number of esters is 1. The molecule has 334 valence electrons. The number of hydrogen-bond donors (Lipinski definition) is 1. The van der Waals surface area contributed by atoms with Crippen LogP contribution in [0.25, 0.3) is 0 Å². The Labute approximate surface area is 352 Å². The second kappa shape index (κ2) is 41.2. The highest BCUT2D eigenvalue weighted by Crippen LogP contribution is 2.43. The highest BCUT2D eigenvalue weighted by atomic mass is 31.2. The molecule has 57 heavy (non-hydrogen) atoms. The lowest BCUT2D eigenvalue weighted by Gasteiger charge is -2.24. The SMILES string of the molecule is CC/C=C\C/C=C\C/C=C\C/C=C\CCCCCOCC(COP(=O)(O)OCC[N+](C)(C)C)OC(=O)CCCCCCCCCCCCCCCCCCCCC. The molecule has 0 aliphatic rings. The Balaban J connectivity index is 4.22. The highest BCUT2D eigenvalue weighted by Gasteiger charge is 2.26. The first kappa shape index (κ1) is 55.5. The molecule has 0 fully saturated rings. The average Bonchev–Trinajstić information content (AvgIpc) is 3.16. The molecule has 0 saturated heterocycles. The summed E-state index contributed by atoms with van der Waals surface area (Å²) in [6.45, 7) is 5.45. The van der Waals surface area contributed by atoms with Gasteiger partial charge in [-0.05, 0) is 51.4 Å². The monoisotopic (exact) mass is 825 g/mol. The Morgan fingerprint density at radius 3 is 1.51 bits per heavy atom. The molecule has 0 aliphatic carbocycles. The maximum atomic E-state index is 12.7. The molecule has 1 N–H and O–H groups in total. The van der Waals surface area contributed by atoms with Crippen LogP contribution in [0.2, 0.25) is 0 Å². The van der Waals surface area contributed by atoms with Crippen molar-refractivity contribution in [2.75, 3.05) is 54.1 Å². The van der Waals surface area contributed by atoms with Crippen molar-refractivity contribution in [1.29, 1.82) is 0 Å². The van der Waals surface area contributed by atoms with Crippen LogP contribution in [0.15, 0.2) is 48.6 Å². The Kier molecular flexibility index (Phi) is 40.1. The van der Waals surface area contributed by atoms with Crippen LogP contribution < -0.4 is 0 Å². The summed E-state index contributed by atoms with van der Waals surface area (Å²) in [5.41, 5.74) is 0. The number of rotatable bonds is 43. The zero-order chi connectivity index (χ0) is 42.0. The first-order valence-corrected chi connectivity index (χ1v) is 24.9. The summed E-state index contributed by atoms with van der Waals surface area (Å²) in [7, 11) is 1.65. The largest absolute Gasteiger partial charge is 0.472 e. The number of carbonyl (C=O) groups excluding carboxylic acids is 1. The van der Waals surface area contributed by atoms with E-state index in [1.54, 1.807) is 0 Å². The van der Waals surface area contributed by atoms with Crippen LogP contribution in [0.5, 0.6) is 0 Å². The fourth-order valence-corrected chi connectivity index (χ4v) is 7.05. The fourth-order valence-electron chi connectivity index (χ4n) is 6.31. The van der Waals surface area contributed by atoms with E-state index in [0.717, 1.165) is 70.6 Å². The zero-order valence-corrected chi connectivity index (χ0v) is 38.7. The second-order valence-electron chi connectivity index (χ2n) is 16.8. The molecule has 8 nitrogen and oxygen atoms in total. The fraction of sp³-hybridized carbons (Fsp3) is 0.812. The van der Waals surface area contributed by atoms with Crippen LogP contribution in [-0.4, -0.2) is 75.6 Å². The zero-order valence-electron chi connectivity index (χ0n) is 37.8. The molecule has 0 aromatic rings. The van der Waals surface area contributed by atoms with E-state index < -0.39 is 13.9 Å². The van der Waals surface area contributed by atoms with Gasteiger partial charge in [0, 0.05) is 13.0 Å². The number of phosphoric ester groups is 1. The lowest BCUT2D eigenvalue weighted by atomic mass is 10.0. The van der Waals surface area contributed by atoms with E-state index in [9.17, 15) is 14.3 Å². The van der Waals surface area contributed by atoms with Crippen molar-refractivity contribution in [2.45, 2.75) is 200 Å². The van der Waals surface area contributed by atoms with Crippen LogP contribution in [0.1, 0.15) is 194 Å². The number of nitrogens with zero attached hydrogens (tertiary/aromatic N) is 1. The van der Waals surface area contributed by atoms with Crippen molar-refractivity contribution in [2.24, 2.45) is 0 Å². The predicted octanol–water partition coefficient (Wildman–Crippen LogP) is 13.9. The molecule has 2 unspecified atom stereocenters. The van der Waals surface area contributed by atoms with E-state index in [-0.39, 0.29) is 25.8 Å². The summed E-state index contributed by atoms with van der Waals surface area (Å²) < 4.78 is 35.0. The summed E-state index contributed by atoms with van der Waals surface area (Å²) in [5, 5.41) is 0. The van der Waals surface area contributed by atoms with Gasteiger partial charge in [0.1, 0.15) is 19.3 Å². The Bertz CT molecular complexity index is 1050. The standard InChI is InChI=1S/C48H90NO7P/c1-6-8-10-12-14-16-18-20-22-24-25-26-27-29-31-33-35-37-39-41-48(50)56-47(46-55-57(51,52)54-44-42-49(3,4)5)45-53-43-40-38-36-34-32-30-28-23-21-19-17-15-13-11-9-7-2/h9,11,15,17,21,23,30,32,47H,6-8,10,12-14,16,18-20,22,24-29,31,33-46H2,1-5H3/p+1/b11-9-,17-15-,23-21-,32-30-. The lowest BCUT2D eigenvalue weighted by molar-refractivity contribution is -0.870. The van der Waals surface area contributed by atoms with E-state index in [1.807, 2.05) is 21.1 Å². The summed E-state index contributed by atoms with van der Waals surface area (Å²) in [6.07, 6.45) is 50.1. The minimum Gasteiger partial charge on any atom is -0.457 e. The third-order valence-corrected chi connectivity index (χ3v) is 10.9. The van der Waals surface area contributed by atoms with Gasteiger partial charge >= 0.3 is 13.8 Å². The Morgan fingerprint density at radius 2 is 1.02 bits per heavy atom. The van der Waals surface area contributed by atoms with Gasteiger partial charge in [0.15, 0.2) is 0 Å². The quantitative estimate of drug-likeness (QED) is 0.0215. The number of hydrogen-bond acceptors (Lipinski definition) is 6. The number of allylic oxidation sites excluding steroid dienone is 8. The third-order valence-electron chi connectivity index (χ3n) is 9.90. The van der Waals surface area contributed by atoms with Gasteiger partial charge in [-0.1, -0.05) is 184 Å². The van der Waals surface area contributed by atoms with Gasteiger partial charge in [0.25, 0.3) is 0 Å². The third kappa shape index (κ3) is 45.4. The maximum Gasteiger partial charge on any atom is 0.472 e. The first-order valence-electron chi connectivity index (χ1n) is 23.4. The van der Waals surface area contributed by atoms with Crippen LogP contribution >= 0.6 is 7.82 Å². The Hall–Kier alpha value is -1.54. The number of carbonyl (C=O) groups is 1. The van der Waals surface area contributed by atoms with E-state index in [0.29, 0.717) is 24.1 Å². The molecule has 0 amide bonds. The summed E-state index contributed by atoms with van der Waals surface area (Å²) in [4.78, 5) is 22.9. The molecule has 9 heteroatoms. The first-order chi connectivity index (χ1) is 27.6. The van der Waals surface area contributed by atoms with Gasteiger partial charge < -0.3 is 18.9 Å².